The Morgan fingerprint density at radius 3 is 1.66 bits per heavy atom. The minimum atomic E-state index is -1.94. The number of unbranched alkanes of at least 4 members (excludes halogenated alkanes) is 1. The number of amidine groups is 1. The van der Waals surface area contributed by atoms with Crippen LogP contribution in [0.15, 0.2) is 188 Å². The smallest absolute Gasteiger partial charge is 0.326 e. The van der Waals surface area contributed by atoms with Gasteiger partial charge in [0.25, 0.3) is 0 Å². The Hall–Kier alpha value is -14.8. The number of H-pyrrole nitrogens is 2. The van der Waals surface area contributed by atoms with Crippen LogP contribution in [0, 0.1) is 40.7 Å². The molecule has 9 aromatic rings. The number of halogens is 2. The van der Waals surface area contributed by atoms with Gasteiger partial charge < -0.3 is 93.2 Å². The molecule has 148 heavy (non-hydrogen) atoms. The van der Waals surface area contributed by atoms with Crippen molar-refractivity contribution in [2.45, 2.75) is 222 Å². The zero-order valence-electron chi connectivity index (χ0n) is 83.7. The Morgan fingerprint density at radius 2 is 1.07 bits per heavy atom. The monoisotopic (exact) mass is 2050 g/mol. The largest absolute Gasteiger partial charge is 0.505 e. The van der Waals surface area contributed by atoms with E-state index >= 15 is 66.7 Å². The average molecular weight is 2050 g/mol. The molecule has 38 heteroatoms. The minimum absolute atomic E-state index is 0.0173. The summed E-state index contributed by atoms with van der Waals surface area (Å²) in [6.45, 7) is 3.18. The lowest BCUT2D eigenvalue weighted by Crippen LogP contribution is -2.61. The first-order chi connectivity index (χ1) is 70.9. The number of thioether (sulfide) groups is 1. The molecule has 14 atom stereocenters. The molecule has 0 spiro atoms. The summed E-state index contributed by atoms with van der Waals surface area (Å²) in [5.74, 6) is -22.2. The second kappa shape index (κ2) is 53.5. The third-order valence-electron chi connectivity index (χ3n) is 28.2. The standard InChI is InChI=1S/C110H132F2N16O19S/c1-6-71-64-148-99(135)61-86(108(144)127-47-23-37-88(127)96(132)58-72(31-22-46-116-65(2)114)100(136)123-87(110(146)147)52-70-40-43-94(130)80(112)51-70)122-102(138)85(57-76-63-118-82-35-19-17-33-78(76)82)121-101(137)83(36-20-21-45-113)119-104(140)91(54-67-27-12-8-13-28-67)125(4)107(143)84(41-44-98(115)134)120-103(139)89-38-24-48-128(89)109(145)92(55-68-29-14-9-15-30-68)126(5)106(142)74(56-75-62-117-81-34-18-16-32-77(75)81)60-95(131)73(49-69-39-42-93(129)79(111)50-69)59-97(133)90(124(3)105(71)141)53-66-25-10-7-11-26-66/h7-19,25-30,32-35,39-40,42-43,50-51,62-63,71-74,83-92,117-118,129-130H,6,20-24,31,36-38,41,44-49,52-61,64,113H2,1-5H3,(H2,114,116)(H2,115,134)(H,119,140)(H,120,139)(H,121,137)(H,122,138)(H,123,136)(H,146,147)/t71-,72+,73+,74+,83-,84-,85-,86-,87-,88-,89?,90-,91-,92-/m0/s1. The van der Waals surface area contributed by atoms with Gasteiger partial charge in [0, 0.05) is 162 Å². The number of aromatic nitrogens is 2. The van der Waals surface area contributed by atoms with Crippen molar-refractivity contribution in [3.05, 3.63) is 239 Å². The van der Waals surface area contributed by atoms with Gasteiger partial charge in [-0.1, -0.05) is 158 Å². The van der Waals surface area contributed by atoms with Gasteiger partial charge in [-0.3, -0.25) is 77.3 Å². The predicted molar refractivity (Wildman–Crippen MR) is 552 cm³/mol. The summed E-state index contributed by atoms with van der Waals surface area (Å²) >= 11 is 0.603. The van der Waals surface area contributed by atoms with Crippen molar-refractivity contribution in [2.24, 2.45) is 35.1 Å². The van der Waals surface area contributed by atoms with Crippen molar-refractivity contribution in [1.29, 1.82) is 5.41 Å². The number of likely N-dealkylation sites (tertiary alicyclic amines) is 1. The number of hydrogen-bond acceptors (Lipinski definition) is 21. The number of phenolic OH excluding ortho intramolecular Hbond substituents is 2. The summed E-state index contributed by atoms with van der Waals surface area (Å²) in [5.41, 5.74) is 16.1. The van der Waals surface area contributed by atoms with E-state index in [0.29, 0.717) is 67.8 Å². The number of nitrogens with two attached hydrogens (primary N) is 2. The SMILES string of the molecule is CC[C@H]1CSC(=O)C[C@@H](C(=O)N2CCC[C@H]2C(=O)C[C@@H](CCCNC(C)=N)C(=O)N[C@@H](Cc2ccc(O)c(F)c2)C(=O)O)NC(=O)[C@H](Cc2c[nH]c3ccccc23)NC(=O)[C@H](CCCCN)NC(=O)[C@H](Cc2ccccc2)N(C)C(=O)[C@H](CCC(N)=O)NC(=O)C2CCCN2C(=O)[C@H](Cc2ccccc2)N(C)C(=O)[C@H](Cc2c[nH]c3ccccc23)CC(=O)[C@H](Cc2ccc(O)c(F)c2)CC(=O)[C@H](Cc2ccccc2)N(C)C1=O. The first-order valence-electron chi connectivity index (χ1n) is 50.3. The Balaban J connectivity index is 0.957. The molecule has 0 radical (unpaired) electrons. The van der Waals surface area contributed by atoms with Crippen LogP contribution in [0.5, 0.6) is 11.5 Å². The normalized spacial score (nSPS) is 21.9. The average Bonchev–Trinajstić information content (AvgIpc) is 1.56. The second-order valence-electron chi connectivity index (χ2n) is 38.7. The third kappa shape index (κ3) is 30.2. The van der Waals surface area contributed by atoms with Crippen LogP contribution in [0.4, 0.5) is 8.78 Å². The van der Waals surface area contributed by atoms with Crippen molar-refractivity contribution >= 4 is 133 Å². The van der Waals surface area contributed by atoms with E-state index < -0.39 is 246 Å². The Kier molecular flexibility index (Phi) is 40.5. The van der Waals surface area contributed by atoms with Crippen LogP contribution in [0.1, 0.15) is 156 Å². The van der Waals surface area contributed by atoms with Crippen LogP contribution in [-0.2, 0) is 122 Å². The van der Waals surface area contributed by atoms with Crippen LogP contribution < -0.4 is 43.4 Å². The molecule has 2 aromatic heterocycles. The van der Waals surface area contributed by atoms with E-state index in [1.165, 1.54) is 54.9 Å². The Labute approximate surface area is 861 Å². The molecule has 1 unspecified atom stereocenters. The predicted octanol–water partition coefficient (Wildman–Crippen LogP) is 8.49. The van der Waals surface area contributed by atoms with Gasteiger partial charge in [0.2, 0.25) is 65.0 Å². The topological polar surface area (TPSA) is 530 Å². The molecular weight excluding hydrogens is 1920 g/mol. The first-order valence-corrected chi connectivity index (χ1v) is 51.3. The summed E-state index contributed by atoms with van der Waals surface area (Å²) in [6.07, 6.45) is -1.48. The van der Waals surface area contributed by atoms with Crippen molar-refractivity contribution < 1.29 is 101 Å². The number of aliphatic carboxylic acids is 1. The zero-order chi connectivity index (χ0) is 107. The number of aromatic amines is 2. The molecule has 3 aliphatic heterocycles. The van der Waals surface area contributed by atoms with E-state index in [1.807, 2.05) is 12.1 Å². The lowest BCUT2D eigenvalue weighted by atomic mass is 9.82. The number of rotatable bonds is 33. The molecule has 0 aliphatic carbocycles. The van der Waals surface area contributed by atoms with Crippen molar-refractivity contribution in [1.82, 2.24) is 66.4 Å². The number of likely N-dealkylation sites (N-methyl/N-ethyl adjacent to an activating group) is 3. The van der Waals surface area contributed by atoms with Crippen LogP contribution in [0.2, 0.25) is 0 Å². The van der Waals surface area contributed by atoms with E-state index in [1.54, 1.807) is 147 Å². The first kappa shape index (κ1) is 112. The number of carbonyl (C=O) groups is 16. The number of fused-ring (bicyclic) bond motifs is 3. The maximum absolute atomic E-state index is 16.3. The van der Waals surface area contributed by atoms with E-state index in [9.17, 15) is 34.1 Å². The highest BCUT2D eigenvalue weighted by Crippen LogP contribution is 2.34. The number of nitrogens with one attached hydrogen (secondary N) is 9. The number of Topliss-reactive ketones (excluding diaryl/α,β-unsaturated/α-hetero) is 3. The van der Waals surface area contributed by atoms with Crippen molar-refractivity contribution in [2.75, 3.05) is 53.1 Å². The Bertz CT molecular complexity index is 6270. The quantitative estimate of drug-likeness (QED) is 0.0104. The fraction of sp³-hybridized carbons (Fsp3) is 0.427. The molecule has 0 bridgehead atoms. The van der Waals surface area contributed by atoms with Gasteiger partial charge in [-0.05, 0) is 179 Å². The number of nitrogens with zero attached hydrogens (tertiary/aromatic N) is 5. The van der Waals surface area contributed by atoms with Gasteiger partial charge >= 0.3 is 5.97 Å². The van der Waals surface area contributed by atoms with Gasteiger partial charge in [-0.15, -0.1) is 0 Å². The maximum atomic E-state index is 16.3. The lowest BCUT2D eigenvalue weighted by Gasteiger charge is -2.36. The number of phenols is 2. The van der Waals surface area contributed by atoms with E-state index in [4.69, 9.17) is 16.9 Å². The number of aromatic hydroxyl groups is 2. The Morgan fingerprint density at radius 1 is 0.534 bits per heavy atom. The number of ketones is 3. The van der Waals surface area contributed by atoms with Crippen LogP contribution >= 0.6 is 11.8 Å². The highest BCUT2D eigenvalue weighted by molar-refractivity contribution is 8.13. The number of carboxylic acid groups (broad SMARTS) is 1. The summed E-state index contributed by atoms with van der Waals surface area (Å²) in [5, 5.41) is 56.0. The molecule has 35 nitrogen and oxygen atoms in total. The van der Waals surface area contributed by atoms with Crippen molar-refractivity contribution in [3.63, 3.8) is 0 Å². The van der Waals surface area contributed by atoms with Gasteiger partial charge in [-0.25, -0.2) is 13.6 Å². The molecule has 3 fully saturated rings. The lowest BCUT2D eigenvalue weighted by molar-refractivity contribution is -0.150. The van der Waals surface area contributed by atoms with Crippen LogP contribution in [-0.4, -0.2) is 263 Å². The van der Waals surface area contributed by atoms with Crippen molar-refractivity contribution in [3.8, 4) is 11.5 Å². The summed E-state index contributed by atoms with van der Waals surface area (Å²) < 4.78 is 30.4. The van der Waals surface area contributed by atoms with E-state index in [2.05, 4.69) is 41.9 Å². The molecule has 786 valence electrons. The number of carboxylic acids is 1. The molecule has 11 amide bonds. The van der Waals surface area contributed by atoms with E-state index in [-0.39, 0.29) is 145 Å². The summed E-state index contributed by atoms with van der Waals surface area (Å²) in [6, 6.07) is 31.1. The molecule has 7 aromatic carbocycles. The molecule has 3 saturated heterocycles. The minimum Gasteiger partial charge on any atom is -0.505 e. The molecule has 3 aliphatic rings. The molecular formula is C110H132F2N16O19S. The fourth-order valence-electron chi connectivity index (χ4n) is 19.8. The van der Waals surface area contributed by atoms with Gasteiger partial charge in [0.05, 0.1) is 17.9 Å². The summed E-state index contributed by atoms with van der Waals surface area (Å²) in [7, 11) is 4.10. The number of amides is 11. The zero-order valence-corrected chi connectivity index (χ0v) is 84.5. The van der Waals surface area contributed by atoms with Gasteiger partial charge in [-0.2, -0.15) is 0 Å². The number of benzene rings is 7. The summed E-state index contributed by atoms with van der Waals surface area (Å²) in [4.78, 5) is 259. The molecule has 12 rings (SSSR count). The highest BCUT2D eigenvalue weighted by atomic mass is 32.2. The number of primary amides is 1. The number of para-hydroxylation sites is 2. The molecule has 0 saturated carbocycles. The van der Waals surface area contributed by atoms with Gasteiger partial charge in [0.1, 0.15) is 54.1 Å². The van der Waals surface area contributed by atoms with Crippen LogP contribution in [0.25, 0.3) is 21.8 Å². The highest BCUT2D eigenvalue weighted by Gasteiger charge is 2.47. The van der Waals surface area contributed by atoms with Gasteiger partial charge in [0.15, 0.2) is 39.8 Å². The van der Waals surface area contributed by atoms with E-state index in [0.717, 1.165) is 34.1 Å². The maximum Gasteiger partial charge on any atom is 0.326 e. The molecule has 5 heterocycles. The van der Waals surface area contributed by atoms with Crippen LogP contribution in [0.3, 0.4) is 0 Å². The number of carbonyl (C=O) groups excluding carboxylic acids is 15. The molecule has 16 N–H and O–H groups in total. The number of hydrogen-bond donors (Lipinski definition) is 14. The fourth-order valence-corrected chi connectivity index (χ4v) is 20.9. The third-order valence-corrected chi connectivity index (χ3v) is 29.2. The second-order valence-corrected chi connectivity index (χ2v) is 39.7.